The van der Waals surface area contributed by atoms with E-state index in [0.717, 1.165) is 68.9 Å². The average Bonchev–Trinajstić information content (AvgIpc) is 2.52. The number of carbonyl (C=O) groups excluding carboxylic acids is 1. The zero-order valence-electron chi connectivity index (χ0n) is 15.7. The third-order valence-electron chi connectivity index (χ3n) is 4.44. The number of nitrogens with zero attached hydrogens (tertiary/aromatic N) is 1. The summed E-state index contributed by atoms with van der Waals surface area (Å²) in [4.78, 5) is 29.1. The molecule has 0 aromatic rings. The fourth-order valence-electron chi connectivity index (χ4n) is 3.15. The summed E-state index contributed by atoms with van der Waals surface area (Å²) in [6, 6.07) is 0. The first kappa shape index (κ1) is 23.7. The van der Waals surface area contributed by atoms with Gasteiger partial charge in [-0.25, -0.2) is 4.57 Å². The lowest BCUT2D eigenvalue weighted by Gasteiger charge is -2.41. The van der Waals surface area contributed by atoms with Crippen LogP contribution in [-0.2, 0) is 13.9 Å². The summed E-state index contributed by atoms with van der Waals surface area (Å²) in [5.74, 6) is 0. The third kappa shape index (κ3) is 11.3. The number of hydrogen-bond donors (Lipinski definition) is 2. The minimum atomic E-state index is -4.55. The molecule has 0 aliphatic carbocycles. The second-order valence-electron chi connectivity index (χ2n) is 6.72. The molecule has 2 N–H and O–H groups in total. The number of aldehydes is 1. The molecule has 0 heterocycles. The van der Waals surface area contributed by atoms with E-state index in [9.17, 15) is 19.1 Å². The molecule has 0 saturated carbocycles. The van der Waals surface area contributed by atoms with Crippen molar-refractivity contribution in [1.29, 1.82) is 0 Å². The van der Waals surface area contributed by atoms with E-state index in [1.807, 2.05) is 0 Å². The predicted molar refractivity (Wildman–Crippen MR) is 96.7 cm³/mol. The van der Waals surface area contributed by atoms with Crippen molar-refractivity contribution in [2.45, 2.75) is 78.2 Å². The molecule has 0 aromatic heterocycles. The molecular formula is C17H37NO5P+. The van der Waals surface area contributed by atoms with Gasteiger partial charge in [-0.1, -0.05) is 40.0 Å². The second kappa shape index (κ2) is 13.0. The molecule has 24 heavy (non-hydrogen) atoms. The molecule has 1 unspecified atom stereocenters. The second-order valence-corrected chi connectivity index (χ2v) is 7.91. The van der Waals surface area contributed by atoms with Crippen LogP contribution in [0.3, 0.4) is 0 Å². The molecule has 1 atom stereocenters. The monoisotopic (exact) mass is 366 g/mol. The summed E-state index contributed by atoms with van der Waals surface area (Å²) < 4.78 is 17.2. The lowest BCUT2D eigenvalue weighted by atomic mass is 10.1. The predicted octanol–water partition coefficient (Wildman–Crippen LogP) is 3.66. The zero-order chi connectivity index (χ0) is 18.5. The van der Waals surface area contributed by atoms with Crippen LogP contribution in [0.1, 0.15) is 72.1 Å². The van der Waals surface area contributed by atoms with Gasteiger partial charge in [0.05, 0.1) is 19.6 Å². The Labute approximate surface area is 147 Å². The smallest absolute Gasteiger partial charge is 0.321 e. The summed E-state index contributed by atoms with van der Waals surface area (Å²) in [5, 5.41) is 0. The number of hydrogen-bond acceptors (Lipinski definition) is 3. The molecule has 0 bridgehead atoms. The van der Waals surface area contributed by atoms with Crippen LogP contribution in [0.15, 0.2) is 0 Å². The summed E-state index contributed by atoms with van der Waals surface area (Å²) in [6.07, 6.45) is 7.37. The molecule has 6 nitrogen and oxygen atoms in total. The maximum absolute atomic E-state index is 11.3. The first-order valence-corrected chi connectivity index (χ1v) is 10.9. The van der Waals surface area contributed by atoms with Crippen molar-refractivity contribution in [3.05, 3.63) is 0 Å². The SMILES string of the molecule is CCCC[N+](CCCC)(CCCC)CC(CCC=O)OP(=O)(O)O. The Bertz CT molecular complexity index is 350. The largest absolute Gasteiger partial charge is 0.470 e. The molecule has 0 aliphatic rings. The van der Waals surface area contributed by atoms with Crippen molar-refractivity contribution >= 4 is 14.1 Å². The Kier molecular flexibility index (Phi) is 12.9. The quantitative estimate of drug-likeness (QED) is 0.247. The molecule has 0 rings (SSSR count). The summed E-state index contributed by atoms with van der Waals surface area (Å²) in [5.41, 5.74) is 0. The van der Waals surface area contributed by atoms with Gasteiger partial charge in [-0.2, -0.15) is 0 Å². The van der Waals surface area contributed by atoms with E-state index in [0.29, 0.717) is 13.0 Å². The molecule has 0 fully saturated rings. The highest BCUT2D eigenvalue weighted by atomic mass is 31.2. The fourth-order valence-corrected chi connectivity index (χ4v) is 3.71. The van der Waals surface area contributed by atoms with E-state index in [4.69, 9.17) is 4.52 Å². The van der Waals surface area contributed by atoms with Crippen LogP contribution in [0.2, 0.25) is 0 Å². The van der Waals surface area contributed by atoms with Gasteiger partial charge in [0, 0.05) is 6.42 Å². The molecule has 0 aliphatic heterocycles. The van der Waals surface area contributed by atoms with Gasteiger partial charge < -0.3 is 19.1 Å². The van der Waals surface area contributed by atoms with E-state index in [1.165, 1.54) is 0 Å². The Morgan fingerprint density at radius 1 is 1.00 bits per heavy atom. The molecule has 0 aromatic carbocycles. The van der Waals surface area contributed by atoms with Gasteiger partial charge in [0.1, 0.15) is 18.9 Å². The van der Waals surface area contributed by atoms with Crippen LogP contribution in [0, 0.1) is 0 Å². The number of rotatable bonds is 16. The lowest BCUT2D eigenvalue weighted by Crippen LogP contribution is -2.54. The average molecular weight is 366 g/mol. The molecule has 144 valence electrons. The Hall–Kier alpha value is -0.260. The van der Waals surface area contributed by atoms with Crippen LogP contribution in [0.4, 0.5) is 0 Å². The number of phosphoric acid groups is 1. The highest BCUT2D eigenvalue weighted by Gasteiger charge is 2.33. The normalized spacial score (nSPS) is 13.9. The van der Waals surface area contributed by atoms with Gasteiger partial charge in [0.25, 0.3) is 0 Å². The molecule has 0 radical (unpaired) electrons. The standard InChI is InChI=1S/C17H36NO5P/c1-4-7-12-18(13-8-5-2,14-9-6-3)16-17(11-10-15-19)23-24(20,21)22/h15,17H,4-14,16H2,1-3H3,(H-,20,21,22)/p+1. The third-order valence-corrected chi connectivity index (χ3v) is 5.01. The first-order chi connectivity index (χ1) is 11.3. The molecule has 0 saturated heterocycles. The maximum Gasteiger partial charge on any atom is 0.470 e. The van der Waals surface area contributed by atoms with E-state index < -0.39 is 13.9 Å². The van der Waals surface area contributed by atoms with Crippen molar-refractivity contribution < 1.29 is 28.2 Å². The minimum absolute atomic E-state index is 0.264. The van der Waals surface area contributed by atoms with E-state index in [-0.39, 0.29) is 6.42 Å². The number of unbranched alkanes of at least 4 members (excludes halogenated alkanes) is 3. The first-order valence-electron chi connectivity index (χ1n) is 9.35. The van der Waals surface area contributed by atoms with E-state index in [1.54, 1.807) is 0 Å². The molecule has 0 spiro atoms. The van der Waals surface area contributed by atoms with E-state index >= 15 is 0 Å². The zero-order valence-corrected chi connectivity index (χ0v) is 16.5. The van der Waals surface area contributed by atoms with Crippen LogP contribution in [-0.4, -0.2) is 52.8 Å². The number of carbonyl (C=O) groups is 1. The van der Waals surface area contributed by atoms with Crippen LogP contribution < -0.4 is 0 Å². The lowest BCUT2D eigenvalue weighted by molar-refractivity contribution is -0.931. The summed E-state index contributed by atoms with van der Waals surface area (Å²) >= 11 is 0. The summed E-state index contributed by atoms with van der Waals surface area (Å²) in [6.45, 7) is 10.0. The van der Waals surface area contributed by atoms with Gasteiger partial charge in [0.15, 0.2) is 0 Å². The highest BCUT2D eigenvalue weighted by Crippen LogP contribution is 2.39. The molecule has 7 heteroatoms. The van der Waals surface area contributed by atoms with E-state index in [2.05, 4.69) is 20.8 Å². The maximum atomic E-state index is 11.3. The molecular weight excluding hydrogens is 329 g/mol. The number of quaternary nitrogens is 1. The van der Waals surface area contributed by atoms with Gasteiger partial charge in [0.2, 0.25) is 0 Å². The highest BCUT2D eigenvalue weighted by molar-refractivity contribution is 7.46. The van der Waals surface area contributed by atoms with Crippen molar-refractivity contribution in [1.82, 2.24) is 0 Å². The van der Waals surface area contributed by atoms with Crippen molar-refractivity contribution in [3.63, 3.8) is 0 Å². The van der Waals surface area contributed by atoms with Crippen LogP contribution in [0.25, 0.3) is 0 Å². The Morgan fingerprint density at radius 3 is 1.79 bits per heavy atom. The molecule has 0 amide bonds. The number of phosphoric ester groups is 1. The van der Waals surface area contributed by atoms with Crippen molar-refractivity contribution in [2.75, 3.05) is 26.2 Å². The Morgan fingerprint density at radius 2 is 1.46 bits per heavy atom. The topological polar surface area (TPSA) is 83.8 Å². The Balaban J connectivity index is 5.24. The fraction of sp³-hybridized carbons (Fsp3) is 0.941. The van der Waals surface area contributed by atoms with Gasteiger partial charge in [-0.05, 0) is 25.7 Å². The summed E-state index contributed by atoms with van der Waals surface area (Å²) in [7, 11) is -4.55. The van der Waals surface area contributed by atoms with Crippen molar-refractivity contribution in [2.24, 2.45) is 0 Å². The van der Waals surface area contributed by atoms with Gasteiger partial charge in [-0.15, -0.1) is 0 Å². The minimum Gasteiger partial charge on any atom is -0.321 e. The van der Waals surface area contributed by atoms with Crippen LogP contribution in [0.5, 0.6) is 0 Å². The van der Waals surface area contributed by atoms with Crippen molar-refractivity contribution in [3.8, 4) is 0 Å². The van der Waals surface area contributed by atoms with Gasteiger partial charge >= 0.3 is 7.82 Å². The van der Waals surface area contributed by atoms with Gasteiger partial charge in [-0.3, -0.25) is 4.52 Å². The van der Waals surface area contributed by atoms with Crippen LogP contribution >= 0.6 is 7.82 Å².